The molecule has 6 nitrogen and oxygen atoms in total. The largest absolute Gasteiger partial charge is 0.349 e. The average Bonchev–Trinajstić information content (AvgIpc) is 3.32. The van der Waals surface area contributed by atoms with Gasteiger partial charge in [-0.05, 0) is 50.3 Å². The lowest BCUT2D eigenvalue weighted by Crippen LogP contribution is -2.28. The fourth-order valence-corrected chi connectivity index (χ4v) is 3.21. The Kier molecular flexibility index (Phi) is 4.80. The maximum Gasteiger partial charge on any atom is 0.230 e. The first-order valence-electron chi connectivity index (χ1n) is 8.15. The van der Waals surface area contributed by atoms with Gasteiger partial charge in [-0.3, -0.25) is 4.79 Å². The summed E-state index contributed by atoms with van der Waals surface area (Å²) in [5.74, 6) is 7.49. The Hall–Kier alpha value is -2.02. The molecule has 7 heteroatoms. The van der Waals surface area contributed by atoms with Crippen LogP contribution in [0.4, 0.5) is 0 Å². The minimum Gasteiger partial charge on any atom is -0.349 e. The van der Waals surface area contributed by atoms with Crippen molar-refractivity contribution in [1.29, 1.82) is 0 Å². The second kappa shape index (κ2) is 6.84. The smallest absolute Gasteiger partial charge is 0.230 e. The number of amides is 1. The first kappa shape index (κ1) is 16.8. The molecule has 1 fully saturated rings. The van der Waals surface area contributed by atoms with Gasteiger partial charge in [0.1, 0.15) is 0 Å². The minimum absolute atomic E-state index is 0.0322. The molecule has 1 aliphatic carbocycles. The molecule has 1 aromatic carbocycles. The van der Waals surface area contributed by atoms with Crippen LogP contribution in [0.25, 0.3) is 0 Å². The van der Waals surface area contributed by atoms with Gasteiger partial charge in [0, 0.05) is 5.92 Å². The van der Waals surface area contributed by atoms with Crippen LogP contribution in [0.1, 0.15) is 54.2 Å². The van der Waals surface area contributed by atoms with Crippen molar-refractivity contribution in [1.82, 2.24) is 20.2 Å². The molecule has 24 heavy (non-hydrogen) atoms. The molecule has 0 spiro atoms. The highest BCUT2D eigenvalue weighted by molar-refractivity contribution is 7.99. The van der Waals surface area contributed by atoms with Crippen LogP contribution < -0.4 is 11.2 Å². The summed E-state index contributed by atoms with van der Waals surface area (Å²) >= 11 is 1.32. The Balaban J connectivity index is 1.54. The Bertz CT molecular complexity index is 753. The van der Waals surface area contributed by atoms with Crippen LogP contribution in [0.15, 0.2) is 23.4 Å². The number of carbonyl (C=O) groups excluding carboxylic acids is 1. The van der Waals surface area contributed by atoms with Crippen molar-refractivity contribution in [2.24, 2.45) is 0 Å². The molecular formula is C17H23N5OS. The molecule has 3 N–H and O–H groups in total. The first-order chi connectivity index (χ1) is 11.5. The molecule has 0 aliphatic heterocycles. The SMILES string of the molecule is Cc1ccc([C@H](C)NC(=O)CSc2nnc(C3CC3)n2N)cc1C. The molecule has 1 aliphatic rings. The number of carbonyl (C=O) groups is 1. The quantitative estimate of drug-likeness (QED) is 0.620. The van der Waals surface area contributed by atoms with E-state index >= 15 is 0 Å². The summed E-state index contributed by atoms with van der Waals surface area (Å²) in [6.07, 6.45) is 2.24. The second-order valence-corrected chi connectivity index (χ2v) is 7.35. The van der Waals surface area contributed by atoms with Crippen LogP contribution in [0.2, 0.25) is 0 Å². The normalized spacial score (nSPS) is 15.3. The van der Waals surface area contributed by atoms with Gasteiger partial charge in [-0.2, -0.15) is 0 Å². The van der Waals surface area contributed by atoms with E-state index in [1.807, 2.05) is 6.92 Å². The molecule has 3 rings (SSSR count). The van der Waals surface area contributed by atoms with E-state index < -0.39 is 0 Å². The van der Waals surface area contributed by atoms with Crippen LogP contribution in [-0.4, -0.2) is 26.5 Å². The molecule has 1 aromatic heterocycles. The average molecular weight is 345 g/mol. The fourth-order valence-electron chi connectivity index (χ4n) is 2.54. The van der Waals surface area contributed by atoms with Crippen LogP contribution >= 0.6 is 11.8 Å². The second-order valence-electron chi connectivity index (χ2n) is 6.41. The molecule has 1 saturated carbocycles. The van der Waals surface area contributed by atoms with Gasteiger partial charge in [0.2, 0.25) is 11.1 Å². The fraction of sp³-hybridized carbons (Fsp3) is 0.471. The maximum atomic E-state index is 12.2. The van der Waals surface area contributed by atoms with Crippen molar-refractivity contribution in [2.75, 3.05) is 11.6 Å². The number of nitrogen functional groups attached to an aromatic ring is 1. The predicted molar refractivity (Wildman–Crippen MR) is 95.3 cm³/mol. The third kappa shape index (κ3) is 3.72. The number of nitrogens with zero attached hydrogens (tertiary/aromatic N) is 3. The van der Waals surface area contributed by atoms with E-state index in [0.717, 1.165) is 24.2 Å². The van der Waals surface area contributed by atoms with Gasteiger partial charge in [-0.1, -0.05) is 30.0 Å². The van der Waals surface area contributed by atoms with Gasteiger partial charge in [0.15, 0.2) is 5.82 Å². The van der Waals surface area contributed by atoms with E-state index in [4.69, 9.17) is 5.84 Å². The van der Waals surface area contributed by atoms with Crippen LogP contribution in [0.3, 0.4) is 0 Å². The number of thioether (sulfide) groups is 1. The van der Waals surface area contributed by atoms with Gasteiger partial charge >= 0.3 is 0 Å². The molecule has 1 atom stereocenters. The lowest BCUT2D eigenvalue weighted by atomic mass is 10.0. The van der Waals surface area contributed by atoms with Crippen molar-refractivity contribution in [3.05, 3.63) is 40.7 Å². The molecule has 0 radical (unpaired) electrons. The number of hydrogen-bond donors (Lipinski definition) is 2. The van der Waals surface area contributed by atoms with Gasteiger partial charge < -0.3 is 11.2 Å². The van der Waals surface area contributed by atoms with Gasteiger partial charge in [0.25, 0.3) is 0 Å². The zero-order valence-corrected chi connectivity index (χ0v) is 15.1. The van der Waals surface area contributed by atoms with Crippen molar-refractivity contribution in [3.8, 4) is 0 Å². The van der Waals surface area contributed by atoms with Gasteiger partial charge in [0.05, 0.1) is 11.8 Å². The molecule has 128 valence electrons. The number of aryl methyl sites for hydroxylation is 2. The van der Waals surface area contributed by atoms with E-state index in [0.29, 0.717) is 11.1 Å². The number of rotatable bonds is 6. The van der Waals surface area contributed by atoms with E-state index in [9.17, 15) is 4.79 Å². The summed E-state index contributed by atoms with van der Waals surface area (Å²) in [6, 6.07) is 6.22. The summed E-state index contributed by atoms with van der Waals surface area (Å²) in [4.78, 5) is 12.2. The Labute approximate surface area is 146 Å². The standard InChI is InChI=1S/C17H23N5OS/c1-10-4-5-14(8-11(10)2)12(3)19-15(23)9-24-17-21-20-16(22(17)18)13-6-7-13/h4-5,8,12-13H,6-7,9,18H2,1-3H3,(H,19,23)/t12-/m0/s1. The highest BCUT2D eigenvalue weighted by Gasteiger charge is 2.30. The summed E-state index contributed by atoms with van der Waals surface area (Å²) < 4.78 is 1.52. The van der Waals surface area contributed by atoms with Crippen molar-refractivity contribution in [3.63, 3.8) is 0 Å². The molecule has 2 aromatic rings. The lowest BCUT2D eigenvalue weighted by Gasteiger charge is -2.15. The van der Waals surface area contributed by atoms with E-state index in [1.54, 1.807) is 0 Å². The summed E-state index contributed by atoms with van der Waals surface area (Å²) in [5, 5.41) is 11.8. The monoisotopic (exact) mass is 345 g/mol. The number of aromatic nitrogens is 3. The first-order valence-corrected chi connectivity index (χ1v) is 9.14. The number of hydrogen-bond acceptors (Lipinski definition) is 5. The number of benzene rings is 1. The topological polar surface area (TPSA) is 85.8 Å². The molecule has 1 heterocycles. The Morgan fingerprint density at radius 3 is 2.79 bits per heavy atom. The number of nitrogens with two attached hydrogens (primary N) is 1. The molecule has 1 amide bonds. The third-order valence-electron chi connectivity index (χ3n) is 4.37. The van der Waals surface area contributed by atoms with Crippen molar-refractivity contribution >= 4 is 17.7 Å². The molecular weight excluding hydrogens is 322 g/mol. The van der Waals surface area contributed by atoms with E-state index in [1.165, 1.54) is 27.6 Å². The van der Waals surface area contributed by atoms with Gasteiger partial charge in [-0.25, -0.2) is 4.68 Å². The van der Waals surface area contributed by atoms with Crippen molar-refractivity contribution < 1.29 is 4.79 Å². The van der Waals surface area contributed by atoms with Crippen LogP contribution in [0.5, 0.6) is 0 Å². The van der Waals surface area contributed by atoms with Crippen LogP contribution in [0, 0.1) is 13.8 Å². The third-order valence-corrected chi connectivity index (χ3v) is 5.32. The highest BCUT2D eigenvalue weighted by Crippen LogP contribution is 2.39. The highest BCUT2D eigenvalue weighted by atomic mass is 32.2. The van der Waals surface area contributed by atoms with Crippen LogP contribution in [-0.2, 0) is 4.79 Å². The lowest BCUT2D eigenvalue weighted by molar-refractivity contribution is -0.119. The van der Waals surface area contributed by atoms with Crippen molar-refractivity contribution in [2.45, 2.75) is 50.7 Å². The molecule has 0 saturated heterocycles. The van der Waals surface area contributed by atoms with Gasteiger partial charge in [-0.15, -0.1) is 10.2 Å². The molecule has 0 unspecified atom stereocenters. The maximum absolute atomic E-state index is 12.2. The zero-order valence-electron chi connectivity index (χ0n) is 14.2. The summed E-state index contributed by atoms with van der Waals surface area (Å²) in [7, 11) is 0. The Morgan fingerprint density at radius 1 is 1.38 bits per heavy atom. The predicted octanol–water partition coefficient (Wildman–Crippen LogP) is 2.46. The Morgan fingerprint density at radius 2 is 2.12 bits per heavy atom. The summed E-state index contributed by atoms with van der Waals surface area (Å²) in [6.45, 7) is 6.15. The van der Waals surface area contributed by atoms with E-state index in [2.05, 4.69) is 47.6 Å². The minimum atomic E-state index is -0.0401. The summed E-state index contributed by atoms with van der Waals surface area (Å²) in [5.41, 5.74) is 3.59. The zero-order chi connectivity index (χ0) is 17.3. The number of nitrogens with one attached hydrogen (secondary N) is 1. The molecule has 0 bridgehead atoms. The van der Waals surface area contributed by atoms with E-state index in [-0.39, 0.29) is 17.7 Å².